The van der Waals surface area contributed by atoms with Crippen LogP contribution in [0.1, 0.15) is 32.6 Å². The Labute approximate surface area is 195 Å². The van der Waals surface area contributed by atoms with Crippen LogP contribution in [0.5, 0.6) is 17.2 Å². The molecule has 0 fully saturated rings. The summed E-state index contributed by atoms with van der Waals surface area (Å²) >= 11 is 0. The molecule has 3 aromatic rings. The van der Waals surface area contributed by atoms with Gasteiger partial charge in [-0.1, -0.05) is 0 Å². The van der Waals surface area contributed by atoms with E-state index in [0.717, 1.165) is 48.6 Å². The summed E-state index contributed by atoms with van der Waals surface area (Å²) in [5, 5.41) is 8.52. The lowest BCUT2D eigenvalue weighted by molar-refractivity contribution is 0.288. The number of anilines is 2. The summed E-state index contributed by atoms with van der Waals surface area (Å²) in [6.45, 7) is 3.92. The van der Waals surface area contributed by atoms with Crippen molar-refractivity contribution in [3.8, 4) is 17.2 Å². The van der Waals surface area contributed by atoms with Gasteiger partial charge in [0.2, 0.25) is 0 Å². The number of nitrogens with zero attached hydrogens (tertiary/aromatic N) is 2. The Morgan fingerprint density at radius 3 is 1.73 bits per heavy atom. The maximum absolute atomic E-state index is 5.89. The fourth-order valence-electron chi connectivity index (χ4n) is 3.13. The zero-order chi connectivity index (χ0) is 23.3. The van der Waals surface area contributed by atoms with Crippen LogP contribution >= 0.6 is 0 Å². The average molecular weight is 449 g/mol. The molecule has 0 heterocycles. The number of hydrogen-bond acceptors (Lipinski definition) is 7. The predicted molar refractivity (Wildman–Crippen MR) is 133 cm³/mol. The zero-order valence-electron chi connectivity index (χ0n) is 19.1. The normalized spacial score (nSPS) is 10.9. The van der Waals surface area contributed by atoms with Crippen LogP contribution in [-0.2, 0) is 0 Å². The summed E-state index contributed by atoms with van der Waals surface area (Å²) in [4.78, 5) is 0. The molecule has 0 saturated heterocycles. The van der Waals surface area contributed by atoms with Crippen LogP contribution in [0.3, 0.4) is 0 Å². The third-order valence-electron chi connectivity index (χ3n) is 4.86. The van der Waals surface area contributed by atoms with Crippen molar-refractivity contribution in [1.29, 1.82) is 0 Å². The molecular weight excluding hydrogens is 416 g/mol. The van der Waals surface area contributed by atoms with Crippen LogP contribution in [-0.4, -0.2) is 19.8 Å². The standard InChI is InChI=1S/C26H32N4O3/c1-2-31-23-12-8-21(9-13-23)29-30-22-10-14-24(15-11-22)32-17-5-3-4-6-18-33-26-16-7-20(27)19-25(26)28/h7-16,19H,2-6,17-18,27-28H2,1H3. The summed E-state index contributed by atoms with van der Waals surface area (Å²) < 4.78 is 17.0. The summed E-state index contributed by atoms with van der Waals surface area (Å²) in [6, 6.07) is 20.5. The summed E-state index contributed by atoms with van der Waals surface area (Å²) in [5.41, 5.74) is 14.3. The Morgan fingerprint density at radius 1 is 0.636 bits per heavy atom. The van der Waals surface area contributed by atoms with Crippen LogP contribution in [0.15, 0.2) is 77.0 Å². The van der Waals surface area contributed by atoms with Gasteiger partial charge in [-0.25, -0.2) is 0 Å². The molecule has 0 spiro atoms. The highest BCUT2D eigenvalue weighted by atomic mass is 16.5. The van der Waals surface area contributed by atoms with Crippen LogP contribution in [0.2, 0.25) is 0 Å². The summed E-state index contributed by atoms with van der Waals surface area (Å²) in [5.74, 6) is 2.35. The molecule has 3 aromatic carbocycles. The van der Waals surface area contributed by atoms with Crippen molar-refractivity contribution in [3.63, 3.8) is 0 Å². The average Bonchev–Trinajstić information content (AvgIpc) is 2.82. The van der Waals surface area contributed by atoms with Gasteiger partial charge in [0.15, 0.2) is 0 Å². The van der Waals surface area contributed by atoms with Crippen molar-refractivity contribution in [1.82, 2.24) is 0 Å². The maximum atomic E-state index is 5.89. The van der Waals surface area contributed by atoms with E-state index < -0.39 is 0 Å². The van der Waals surface area contributed by atoms with E-state index in [1.807, 2.05) is 61.5 Å². The van der Waals surface area contributed by atoms with Gasteiger partial charge in [-0.3, -0.25) is 0 Å². The Balaban J connectivity index is 1.28. The highest BCUT2D eigenvalue weighted by molar-refractivity contribution is 5.60. The van der Waals surface area contributed by atoms with Crippen LogP contribution in [0.4, 0.5) is 22.7 Å². The number of nitrogens with two attached hydrogens (primary N) is 2. The summed E-state index contributed by atoms with van der Waals surface area (Å²) in [6.07, 6.45) is 4.11. The van der Waals surface area contributed by atoms with Gasteiger partial charge in [0.05, 0.1) is 36.9 Å². The Morgan fingerprint density at radius 2 is 1.18 bits per heavy atom. The van der Waals surface area contributed by atoms with E-state index in [2.05, 4.69) is 10.2 Å². The van der Waals surface area contributed by atoms with Gasteiger partial charge in [0, 0.05) is 5.69 Å². The Bertz CT molecular complexity index is 1010. The van der Waals surface area contributed by atoms with Gasteiger partial charge >= 0.3 is 0 Å². The maximum Gasteiger partial charge on any atom is 0.142 e. The second-order valence-electron chi connectivity index (χ2n) is 7.53. The Kier molecular flexibility index (Phi) is 9.39. The number of benzene rings is 3. The quantitative estimate of drug-likeness (QED) is 0.172. The molecule has 174 valence electrons. The molecule has 0 radical (unpaired) electrons. The minimum atomic E-state index is 0.576. The molecule has 7 nitrogen and oxygen atoms in total. The van der Waals surface area contributed by atoms with Crippen molar-refractivity contribution in [2.24, 2.45) is 10.2 Å². The van der Waals surface area contributed by atoms with Gasteiger partial charge in [0.25, 0.3) is 0 Å². The second kappa shape index (κ2) is 13.0. The smallest absolute Gasteiger partial charge is 0.142 e. The van der Waals surface area contributed by atoms with E-state index in [-0.39, 0.29) is 0 Å². The SMILES string of the molecule is CCOc1ccc(N=Nc2ccc(OCCCCCCOc3ccc(N)cc3N)cc2)cc1. The number of nitrogen functional groups attached to an aromatic ring is 2. The van der Waals surface area contributed by atoms with Crippen molar-refractivity contribution in [2.45, 2.75) is 32.6 Å². The number of ether oxygens (including phenoxy) is 3. The number of azo groups is 1. The lowest BCUT2D eigenvalue weighted by Crippen LogP contribution is -2.02. The molecule has 0 aliphatic carbocycles. The van der Waals surface area contributed by atoms with E-state index >= 15 is 0 Å². The highest BCUT2D eigenvalue weighted by Crippen LogP contribution is 2.24. The number of hydrogen-bond donors (Lipinski definition) is 2. The fraction of sp³-hybridized carbons (Fsp3) is 0.308. The molecule has 0 atom stereocenters. The van der Waals surface area contributed by atoms with E-state index in [1.165, 1.54) is 0 Å². The van der Waals surface area contributed by atoms with Crippen molar-refractivity contribution in [3.05, 3.63) is 66.7 Å². The molecule has 0 aliphatic rings. The van der Waals surface area contributed by atoms with Crippen LogP contribution in [0, 0.1) is 0 Å². The van der Waals surface area contributed by atoms with E-state index in [0.29, 0.717) is 36.9 Å². The van der Waals surface area contributed by atoms with Crippen LogP contribution in [0.25, 0.3) is 0 Å². The third-order valence-corrected chi connectivity index (χ3v) is 4.86. The first-order chi connectivity index (χ1) is 16.1. The van der Waals surface area contributed by atoms with Crippen molar-refractivity contribution >= 4 is 22.7 Å². The molecule has 4 N–H and O–H groups in total. The van der Waals surface area contributed by atoms with E-state index in [1.54, 1.807) is 12.1 Å². The predicted octanol–water partition coefficient (Wildman–Crippen LogP) is 6.68. The van der Waals surface area contributed by atoms with Crippen molar-refractivity contribution < 1.29 is 14.2 Å². The molecule has 0 bridgehead atoms. The van der Waals surface area contributed by atoms with Crippen LogP contribution < -0.4 is 25.7 Å². The molecule has 0 unspecified atom stereocenters. The topological polar surface area (TPSA) is 104 Å². The number of unbranched alkanes of at least 4 members (excludes halogenated alkanes) is 3. The first kappa shape index (κ1) is 23.9. The molecule has 0 aromatic heterocycles. The van der Waals surface area contributed by atoms with E-state index in [9.17, 15) is 0 Å². The fourth-order valence-corrected chi connectivity index (χ4v) is 3.13. The Hall–Kier alpha value is -3.74. The van der Waals surface area contributed by atoms with Gasteiger partial charge in [-0.15, -0.1) is 0 Å². The number of rotatable bonds is 13. The summed E-state index contributed by atoms with van der Waals surface area (Å²) in [7, 11) is 0. The van der Waals surface area contributed by atoms with Crippen molar-refractivity contribution in [2.75, 3.05) is 31.3 Å². The lowest BCUT2D eigenvalue weighted by Gasteiger charge is -2.09. The largest absolute Gasteiger partial charge is 0.494 e. The molecular formula is C26H32N4O3. The van der Waals surface area contributed by atoms with Gasteiger partial charge in [-0.2, -0.15) is 10.2 Å². The van der Waals surface area contributed by atoms with Gasteiger partial charge in [-0.05, 0) is 99.3 Å². The molecule has 3 rings (SSSR count). The second-order valence-corrected chi connectivity index (χ2v) is 7.53. The first-order valence-electron chi connectivity index (χ1n) is 11.3. The zero-order valence-corrected chi connectivity index (χ0v) is 19.1. The molecule has 0 amide bonds. The third kappa shape index (κ3) is 8.37. The monoisotopic (exact) mass is 448 g/mol. The van der Waals surface area contributed by atoms with E-state index in [4.69, 9.17) is 25.7 Å². The minimum Gasteiger partial charge on any atom is -0.494 e. The first-order valence-corrected chi connectivity index (χ1v) is 11.3. The molecule has 7 heteroatoms. The van der Waals surface area contributed by atoms with Gasteiger partial charge < -0.3 is 25.7 Å². The molecule has 0 saturated carbocycles. The van der Waals surface area contributed by atoms with Gasteiger partial charge in [0.1, 0.15) is 17.2 Å². The minimum absolute atomic E-state index is 0.576. The molecule has 33 heavy (non-hydrogen) atoms. The highest BCUT2D eigenvalue weighted by Gasteiger charge is 2.01. The lowest BCUT2D eigenvalue weighted by atomic mass is 10.2. The molecule has 0 aliphatic heterocycles.